The number of H-pyrrole nitrogens is 1. The van der Waals surface area contributed by atoms with Crippen LogP contribution in [0.25, 0.3) is 10.2 Å². The van der Waals surface area contributed by atoms with Crippen LogP contribution in [0.15, 0.2) is 29.1 Å². The van der Waals surface area contributed by atoms with E-state index in [1.165, 1.54) is 18.3 Å². The number of benzene rings is 1. The number of ketones is 1. The average Bonchev–Trinajstić information content (AvgIpc) is 3.03. The maximum atomic E-state index is 12.4. The molecular weight excluding hydrogens is 380 g/mol. The van der Waals surface area contributed by atoms with Crippen molar-refractivity contribution in [3.05, 3.63) is 56.4 Å². The number of aromatic amines is 1. The van der Waals surface area contributed by atoms with Gasteiger partial charge < -0.3 is 14.5 Å². The molecule has 0 radical (unpaired) electrons. The van der Waals surface area contributed by atoms with Crippen molar-refractivity contribution in [1.82, 2.24) is 9.97 Å². The molecule has 1 aliphatic rings. The first-order chi connectivity index (χ1) is 13.4. The number of hydrogen-bond acceptors (Lipinski definition) is 7. The van der Waals surface area contributed by atoms with Gasteiger partial charge in [-0.05, 0) is 37.5 Å². The Labute approximate surface area is 164 Å². The second-order valence-corrected chi connectivity index (χ2v) is 7.73. The van der Waals surface area contributed by atoms with Gasteiger partial charge in [0, 0.05) is 0 Å². The highest BCUT2D eigenvalue weighted by Crippen LogP contribution is 2.28. The third-order valence-corrected chi connectivity index (χ3v) is 6.02. The zero-order chi connectivity index (χ0) is 19.8. The molecule has 0 aliphatic carbocycles. The number of rotatable bonds is 4. The molecule has 0 fully saturated rings. The zero-order valence-corrected chi connectivity index (χ0v) is 16.2. The highest BCUT2D eigenvalue weighted by molar-refractivity contribution is 7.20. The first kappa shape index (κ1) is 18.4. The number of ether oxygens (including phenoxy) is 2. The highest BCUT2D eigenvalue weighted by Gasteiger charge is 2.27. The van der Waals surface area contributed by atoms with E-state index in [4.69, 9.17) is 9.47 Å². The number of fused-ring (bicyclic) bond motifs is 2. The number of nitrogens with zero attached hydrogens (tertiary/aromatic N) is 1. The Morgan fingerprint density at radius 3 is 2.93 bits per heavy atom. The van der Waals surface area contributed by atoms with Crippen LogP contribution in [0, 0.1) is 12.8 Å². The van der Waals surface area contributed by atoms with Crippen LogP contribution < -0.4 is 10.3 Å². The molecule has 0 saturated carbocycles. The van der Waals surface area contributed by atoms with E-state index in [1.54, 1.807) is 6.92 Å². The van der Waals surface area contributed by atoms with Crippen LogP contribution in [0.2, 0.25) is 0 Å². The summed E-state index contributed by atoms with van der Waals surface area (Å²) in [5.74, 6) is 0.129. The van der Waals surface area contributed by atoms with Crippen molar-refractivity contribution in [3.63, 3.8) is 0 Å². The summed E-state index contributed by atoms with van der Waals surface area (Å²) < 4.78 is 11.0. The number of aryl methyl sites for hydroxylation is 1. The Kier molecular flexibility index (Phi) is 4.72. The lowest BCUT2D eigenvalue weighted by Gasteiger charge is -2.23. The molecule has 1 aliphatic heterocycles. The second kappa shape index (κ2) is 7.20. The first-order valence-corrected chi connectivity index (χ1v) is 9.66. The van der Waals surface area contributed by atoms with Gasteiger partial charge in [-0.15, -0.1) is 11.3 Å². The number of para-hydroxylation sites is 1. The van der Waals surface area contributed by atoms with Gasteiger partial charge >= 0.3 is 5.97 Å². The molecule has 3 heterocycles. The largest absolute Gasteiger partial charge is 0.492 e. The summed E-state index contributed by atoms with van der Waals surface area (Å²) >= 11 is 1.17. The van der Waals surface area contributed by atoms with Gasteiger partial charge in [0.05, 0.1) is 16.2 Å². The molecule has 1 N–H and O–H groups in total. The van der Waals surface area contributed by atoms with Gasteiger partial charge in [-0.1, -0.05) is 18.2 Å². The maximum Gasteiger partial charge on any atom is 0.313 e. The van der Waals surface area contributed by atoms with Gasteiger partial charge in [0.2, 0.25) is 0 Å². The Hall–Kier alpha value is -3.00. The second-order valence-electron chi connectivity index (χ2n) is 6.73. The number of carbonyl (C=O) groups excluding carboxylic acids is 2. The summed E-state index contributed by atoms with van der Waals surface area (Å²) in [6.07, 6.45) is 0.546. The number of aromatic nitrogens is 2. The molecule has 8 heteroatoms. The smallest absolute Gasteiger partial charge is 0.313 e. The molecule has 7 nitrogen and oxygen atoms in total. The summed E-state index contributed by atoms with van der Waals surface area (Å²) in [6, 6.07) is 7.59. The molecule has 28 heavy (non-hydrogen) atoms. The summed E-state index contributed by atoms with van der Waals surface area (Å²) in [5, 5.41) is 0.405. The van der Waals surface area contributed by atoms with Crippen molar-refractivity contribution in [2.45, 2.75) is 26.9 Å². The van der Waals surface area contributed by atoms with E-state index in [-0.39, 0.29) is 30.4 Å². The van der Waals surface area contributed by atoms with Crippen LogP contribution in [0.5, 0.6) is 5.75 Å². The molecule has 4 rings (SSSR count). The highest BCUT2D eigenvalue weighted by atomic mass is 32.1. The molecule has 0 amide bonds. The molecule has 0 spiro atoms. The lowest BCUT2D eigenvalue weighted by molar-refractivity contribution is -0.151. The monoisotopic (exact) mass is 398 g/mol. The fourth-order valence-corrected chi connectivity index (χ4v) is 4.43. The molecule has 0 bridgehead atoms. The van der Waals surface area contributed by atoms with Crippen LogP contribution in [-0.4, -0.2) is 28.3 Å². The lowest BCUT2D eigenvalue weighted by atomic mass is 9.97. The zero-order valence-electron chi connectivity index (χ0n) is 15.4. The summed E-state index contributed by atoms with van der Waals surface area (Å²) in [6.45, 7) is 3.30. The van der Waals surface area contributed by atoms with Crippen molar-refractivity contribution in [3.8, 4) is 5.75 Å². The Morgan fingerprint density at radius 2 is 2.14 bits per heavy atom. The van der Waals surface area contributed by atoms with Gasteiger partial charge in [0.25, 0.3) is 5.56 Å². The predicted octanol–water partition coefficient (Wildman–Crippen LogP) is 2.79. The molecule has 1 aromatic carbocycles. The predicted molar refractivity (Wildman–Crippen MR) is 104 cm³/mol. The Balaban J connectivity index is 1.49. The Bertz CT molecular complexity index is 1150. The van der Waals surface area contributed by atoms with Gasteiger partial charge in [-0.2, -0.15) is 0 Å². The van der Waals surface area contributed by atoms with Crippen LogP contribution in [-0.2, 0) is 22.6 Å². The Morgan fingerprint density at radius 1 is 1.36 bits per heavy atom. The number of Topliss-reactive ketones (excluding diaryl/α,β-unsaturated/α-hetero) is 1. The van der Waals surface area contributed by atoms with E-state index in [0.29, 0.717) is 27.1 Å². The SMILES string of the molecule is CC(=O)c1sc2nc(COC(=O)[C@H]3COc4ccccc4C3)[nH]c(=O)c2c1C. The average molecular weight is 398 g/mol. The van der Waals surface area contributed by atoms with Crippen molar-refractivity contribution in [2.24, 2.45) is 5.92 Å². The van der Waals surface area contributed by atoms with E-state index < -0.39 is 11.9 Å². The molecule has 0 unspecified atom stereocenters. The molecule has 2 aromatic heterocycles. The minimum atomic E-state index is -0.404. The minimum absolute atomic E-state index is 0.106. The fourth-order valence-electron chi connectivity index (χ4n) is 3.33. The first-order valence-electron chi connectivity index (χ1n) is 8.84. The number of thiophene rings is 1. The van der Waals surface area contributed by atoms with Crippen molar-refractivity contribution < 1.29 is 19.1 Å². The van der Waals surface area contributed by atoms with Gasteiger partial charge in [0.1, 0.15) is 29.6 Å². The molecular formula is C20H18N2O5S. The van der Waals surface area contributed by atoms with Crippen molar-refractivity contribution >= 4 is 33.3 Å². The van der Waals surface area contributed by atoms with E-state index in [1.807, 2.05) is 24.3 Å². The number of esters is 1. The topological polar surface area (TPSA) is 98.3 Å². The van der Waals surface area contributed by atoms with E-state index >= 15 is 0 Å². The van der Waals surface area contributed by atoms with Crippen LogP contribution >= 0.6 is 11.3 Å². The third-order valence-electron chi connectivity index (χ3n) is 4.73. The summed E-state index contributed by atoms with van der Waals surface area (Å²) in [5.41, 5.74) is 1.25. The molecule has 144 valence electrons. The van der Waals surface area contributed by atoms with Crippen LogP contribution in [0.4, 0.5) is 0 Å². The summed E-state index contributed by atoms with van der Waals surface area (Å²) in [4.78, 5) is 44.5. The van der Waals surface area contributed by atoms with Gasteiger partial charge in [-0.3, -0.25) is 14.4 Å². The van der Waals surface area contributed by atoms with Crippen LogP contribution in [0.1, 0.15) is 33.5 Å². The quantitative estimate of drug-likeness (QED) is 0.536. The third kappa shape index (κ3) is 3.31. The fraction of sp³-hybridized carbons (Fsp3) is 0.300. The maximum absolute atomic E-state index is 12.4. The van der Waals surface area contributed by atoms with E-state index in [9.17, 15) is 14.4 Å². The van der Waals surface area contributed by atoms with E-state index in [2.05, 4.69) is 9.97 Å². The number of carbonyl (C=O) groups is 2. The molecule has 3 aromatic rings. The number of hydrogen-bond donors (Lipinski definition) is 1. The standard InChI is InChI=1S/C20H18N2O5S/c1-10-16-18(24)21-15(22-19(16)28-17(10)11(2)23)9-27-20(25)13-7-12-5-3-4-6-14(12)26-8-13/h3-6,13H,7-9H2,1-2H3,(H,21,22,24)/t13-/m1/s1. The number of nitrogens with one attached hydrogen (secondary N) is 1. The lowest BCUT2D eigenvalue weighted by Crippen LogP contribution is -2.30. The van der Waals surface area contributed by atoms with Gasteiger partial charge in [0.15, 0.2) is 5.78 Å². The molecule has 1 atom stereocenters. The normalized spacial score (nSPS) is 15.7. The van der Waals surface area contributed by atoms with E-state index in [0.717, 1.165) is 11.3 Å². The molecule has 0 saturated heterocycles. The van der Waals surface area contributed by atoms with Crippen LogP contribution in [0.3, 0.4) is 0 Å². The van der Waals surface area contributed by atoms with Gasteiger partial charge in [-0.25, -0.2) is 4.98 Å². The summed E-state index contributed by atoms with van der Waals surface area (Å²) in [7, 11) is 0. The minimum Gasteiger partial charge on any atom is -0.492 e. The van der Waals surface area contributed by atoms with Crippen molar-refractivity contribution in [1.29, 1.82) is 0 Å². The van der Waals surface area contributed by atoms with Crippen molar-refractivity contribution in [2.75, 3.05) is 6.61 Å².